The predicted molar refractivity (Wildman–Crippen MR) is 118 cm³/mol. The molecule has 148 valence electrons. The fourth-order valence-electron chi connectivity index (χ4n) is 2.56. The first-order chi connectivity index (χ1) is 13.7. The summed E-state index contributed by atoms with van der Waals surface area (Å²) in [6.07, 6.45) is 1.50. The van der Waals surface area contributed by atoms with Crippen LogP contribution in [0.1, 0.15) is 31.9 Å². The van der Waals surface area contributed by atoms with Crippen LogP contribution in [0.15, 0.2) is 75.9 Å². The Labute approximate surface area is 175 Å². The van der Waals surface area contributed by atoms with Crippen molar-refractivity contribution < 1.29 is 10.2 Å². The van der Waals surface area contributed by atoms with E-state index in [1.165, 1.54) is 12.3 Å². The van der Waals surface area contributed by atoms with Crippen molar-refractivity contribution in [2.24, 2.45) is 15.2 Å². The lowest BCUT2D eigenvalue weighted by Gasteiger charge is -2.19. The van der Waals surface area contributed by atoms with Crippen LogP contribution < -0.4 is 0 Å². The van der Waals surface area contributed by atoms with Gasteiger partial charge in [-0.1, -0.05) is 38.4 Å². The average Bonchev–Trinajstić information content (AvgIpc) is 2.67. The lowest BCUT2D eigenvalue weighted by molar-refractivity contribution is 0.473. The maximum absolute atomic E-state index is 10.1. The molecular weight excluding hydrogens is 386 g/mol. The molecule has 0 fully saturated rings. The van der Waals surface area contributed by atoms with Crippen LogP contribution in [-0.2, 0) is 5.41 Å². The monoisotopic (exact) mass is 407 g/mol. The van der Waals surface area contributed by atoms with Crippen molar-refractivity contribution in [2.75, 3.05) is 0 Å². The molecule has 3 rings (SSSR count). The van der Waals surface area contributed by atoms with E-state index in [-0.39, 0.29) is 16.9 Å². The molecule has 2 N–H and O–H groups in total. The Morgan fingerprint density at radius 1 is 0.793 bits per heavy atom. The zero-order chi connectivity index (χ0) is 21.0. The van der Waals surface area contributed by atoms with Crippen LogP contribution in [0.3, 0.4) is 0 Å². The van der Waals surface area contributed by atoms with E-state index in [9.17, 15) is 10.2 Å². The standard InChI is InChI=1S/C23H22ClN3O2/c1-23(2,3)16-4-10-22(29)20(13-16)25-14-15-12-19(9-11-21(15)28)27-26-18-7-5-17(24)6-8-18/h4-14,28-29H,1-3H3. The minimum atomic E-state index is -0.0674. The smallest absolute Gasteiger partial charge is 0.141 e. The van der Waals surface area contributed by atoms with Crippen molar-refractivity contribution in [1.82, 2.24) is 0 Å². The number of rotatable bonds is 4. The zero-order valence-corrected chi connectivity index (χ0v) is 17.2. The van der Waals surface area contributed by atoms with Crippen LogP contribution in [0.25, 0.3) is 0 Å². The van der Waals surface area contributed by atoms with E-state index in [0.29, 0.717) is 27.6 Å². The van der Waals surface area contributed by atoms with Crippen molar-refractivity contribution in [3.63, 3.8) is 0 Å². The van der Waals surface area contributed by atoms with Gasteiger partial charge in [0, 0.05) is 16.8 Å². The molecule has 3 aromatic rings. The number of phenols is 2. The minimum Gasteiger partial charge on any atom is -0.507 e. The van der Waals surface area contributed by atoms with E-state index in [1.807, 2.05) is 12.1 Å². The molecular formula is C23H22ClN3O2. The summed E-state index contributed by atoms with van der Waals surface area (Å²) >= 11 is 5.87. The Hall–Kier alpha value is -3.18. The third-order valence-electron chi connectivity index (χ3n) is 4.30. The topological polar surface area (TPSA) is 77.5 Å². The first kappa shape index (κ1) is 20.6. The van der Waals surface area contributed by atoms with Gasteiger partial charge in [0.05, 0.1) is 11.4 Å². The largest absolute Gasteiger partial charge is 0.507 e. The summed E-state index contributed by atoms with van der Waals surface area (Å²) in [5.41, 5.74) is 3.12. The van der Waals surface area contributed by atoms with Crippen molar-refractivity contribution >= 4 is 34.9 Å². The molecule has 0 radical (unpaired) electrons. The van der Waals surface area contributed by atoms with Crippen LogP contribution in [0.4, 0.5) is 17.1 Å². The van der Waals surface area contributed by atoms with Gasteiger partial charge >= 0.3 is 0 Å². The van der Waals surface area contributed by atoms with Crippen LogP contribution in [-0.4, -0.2) is 16.4 Å². The number of aromatic hydroxyl groups is 2. The van der Waals surface area contributed by atoms with Crippen molar-refractivity contribution in [2.45, 2.75) is 26.2 Å². The average molecular weight is 408 g/mol. The minimum absolute atomic E-state index is 0.0608. The summed E-state index contributed by atoms with van der Waals surface area (Å²) in [5, 5.41) is 29.2. The lowest BCUT2D eigenvalue weighted by Crippen LogP contribution is -2.10. The molecule has 3 aromatic carbocycles. The van der Waals surface area contributed by atoms with Gasteiger partial charge in [-0.3, -0.25) is 4.99 Å². The van der Waals surface area contributed by atoms with Crippen molar-refractivity contribution in [3.05, 3.63) is 76.8 Å². The van der Waals surface area contributed by atoms with Gasteiger partial charge in [0.25, 0.3) is 0 Å². The second-order valence-electron chi connectivity index (χ2n) is 7.63. The van der Waals surface area contributed by atoms with Crippen molar-refractivity contribution in [1.29, 1.82) is 0 Å². The highest BCUT2D eigenvalue weighted by molar-refractivity contribution is 6.30. The Morgan fingerprint density at radius 2 is 1.41 bits per heavy atom. The van der Waals surface area contributed by atoms with Gasteiger partial charge in [0.1, 0.15) is 17.2 Å². The van der Waals surface area contributed by atoms with Gasteiger partial charge in [-0.25, -0.2) is 0 Å². The fourth-order valence-corrected chi connectivity index (χ4v) is 2.69. The normalized spacial score (nSPS) is 12.1. The van der Waals surface area contributed by atoms with Crippen LogP contribution >= 0.6 is 11.6 Å². The molecule has 0 heterocycles. The second-order valence-corrected chi connectivity index (χ2v) is 8.07. The van der Waals surface area contributed by atoms with Crippen LogP contribution in [0.2, 0.25) is 5.02 Å². The highest BCUT2D eigenvalue weighted by Crippen LogP contribution is 2.33. The van der Waals surface area contributed by atoms with Crippen LogP contribution in [0.5, 0.6) is 11.5 Å². The first-order valence-corrected chi connectivity index (χ1v) is 9.48. The summed E-state index contributed by atoms with van der Waals surface area (Å²) in [6.45, 7) is 6.27. The van der Waals surface area contributed by atoms with E-state index < -0.39 is 0 Å². The molecule has 0 amide bonds. The number of nitrogens with zero attached hydrogens (tertiary/aromatic N) is 3. The molecule has 0 saturated carbocycles. The SMILES string of the molecule is CC(C)(C)c1ccc(O)c(N=Cc2cc(N=Nc3ccc(Cl)cc3)ccc2O)c1. The summed E-state index contributed by atoms with van der Waals surface area (Å²) < 4.78 is 0. The van der Waals surface area contributed by atoms with E-state index in [0.717, 1.165) is 5.56 Å². The number of azo groups is 1. The number of hydrogen-bond donors (Lipinski definition) is 2. The third-order valence-corrected chi connectivity index (χ3v) is 4.55. The fraction of sp³-hybridized carbons (Fsp3) is 0.174. The Morgan fingerprint density at radius 3 is 2.10 bits per heavy atom. The van der Waals surface area contributed by atoms with Gasteiger partial charge in [-0.05, 0) is 65.6 Å². The molecule has 6 heteroatoms. The maximum Gasteiger partial charge on any atom is 0.141 e. The maximum atomic E-state index is 10.1. The summed E-state index contributed by atoms with van der Waals surface area (Å²) in [5.74, 6) is 0.137. The van der Waals surface area contributed by atoms with Crippen LogP contribution in [0, 0.1) is 0 Å². The molecule has 5 nitrogen and oxygen atoms in total. The Kier molecular flexibility index (Phi) is 5.99. The van der Waals surface area contributed by atoms with E-state index >= 15 is 0 Å². The number of aliphatic imine (C=N–C) groups is 1. The first-order valence-electron chi connectivity index (χ1n) is 9.10. The summed E-state index contributed by atoms with van der Waals surface area (Å²) in [7, 11) is 0. The number of hydrogen-bond acceptors (Lipinski definition) is 5. The summed E-state index contributed by atoms with van der Waals surface area (Å²) in [6, 6.07) is 17.2. The zero-order valence-electron chi connectivity index (χ0n) is 16.5. The molecule has 0 aliphatic carbocycles. The Balaban J connectivity index is 1.86. The number of benzene rings is 3. The van der Waals surface area contributed by atoms with Gasteiger partial charge in [0.15, 0.2) is 0 Å². The van der Waals surface area contributed by atoms with Gasteiger partial charge in [-0.2, -0.15) is 10.2 Å². The third kappa shape index (κ3) is 5.42. The van der Waals surface area contributed by atoms with E-state index in [2.05, 4.69) is 36.0 Å². The molecule has 0 aromatic heterocycles. The highest BCUT2D eigenvalue weighted by atomic mass is 35.5. The molecule has 0 aliphatic heterocycles. The second kappa shape index (κ2) is 8.45. The van der Waals surface area contributed by atoms with Gasteiger partial charge in [0.2, 0.25) is 0 Å². The van der Waals surface area contributed by atoms with E-state index in [4.69, 9.17) is 11.6 Å². The number of phenolic OH excluding ortho intramolecular Hbond substituents is 2. The Bertz CT molecular complexity index is 1070. The molecule has 0 bridgehead atoms. The van der Waals surface area contributed by atoms with Crippen molar-refractivity contribution in [3.8, 4) is 11.5 Å². The quantitative estimate of drug-likeness (QED) is 0.354. The number of halogens is 1. The molecule has 0 spiro atoms. The summed E-state index contributed by atoms with van der Waals surface area (Å²) in [4.78, 5) is 4.36. The lowest BCUT2D eigenvalue weighted by atomic mass is 9.87. The van der Waals surface area contributed by atoms with Gasteiger partial charge < -0.3 is 10.2 Å². The molecule has 0 saturated heterocycles. The van der Waals surface area contributed by atoms with E-state index in [1.54, 1.807) is 42.5 Å². The molecule has 0 aliphatic rings. The molecule has 0 unspecified atom stereocenters. The molecule has 0 atom stereocenters. The predicted octanol–water partition coefficient (Wildman–Crippen LogP) is 7.21. The molecule has 29 heavy (non-hydrogen) atoms. The highest BCUT2D eigenvalue weighted by Gasteiger charge is 2.15. The van der Waals surface area contributed by atoms with Gasteiger partial charge in [-0.15, -0.1) is 0 Å².